The topological polar surface area (TPSA) is 77.8 Å². The molecule has 0 rings (SSSR count). The van der Waals surface area contributed by atoms with Crippen molar-refractivity contribution in [1.29, 1.82) is 0 Å². The van der Waals surface area contributed by atoms with Crippen LogP contribution in [-0.2, 0) is 9.59 Å². The van der Waals surface area contributed by atoms with Crippen LogP contribution in [-0.4, -0.2) is 46.7 Å². The van der Waals surface area contributed by atoms with Crippen LogP contribution < -0.4 is 0 Å². The quantitative estimate of drug-likeness (QED) is 0.571. The Morgan fingerprint density at radius 1 is 1.05 bits per heavy atom. The Morgan fingerprint density at radius 2 is 1.55 bits per heavy atom. The summed E-state index contributed by atoms with van der Waals surface area (Å²) in [5.74, 6) is -2.73. The van der Waals surface area contributed by atoms with Crippen LogP contribution >= 0.6 is 0 Å². The van der Waals surface area contributed by atoms with E-state index in [-0.39, 0.29) is 12.3 Å². The molecule has 118 valence electrons. The van der Waals surface area contributed by atoms with Gasteiger partial charge in [0.25, 0.3) is 0 Å². The number of hydrogen-bond donors (Lipinski definition) is 2. The molecule has 5 nitrogen and oxygen atoms in total. The van der Waals surface area contributed by atoms with E-state index in [4.69, 9.17) is 0 Å². The summed E-state index contributed by atoms with van der Waals surface area (Å²) in [5.41, 5.74) is -1.64. The maximum Gasteiger partial charge on any atom is 0.321 e. The van der Waals surface area contributed by atoms with Gasteiger partial charge in [-0.15, -0.1) is 0 Å². The van der Waals surface area contributed by atoms with Crippen LogP contribution in [0.25, 0.3) is 0 Å². The Bertz CT molecular complexity index is 299. The number of hydrogen-bond acceptors (Lipinski definition) is 3. The third-order valence-electron chi connectivity index (χ3n) is 4.43. The summed E-state index contributed by atoms with van der Waals surface area (Å²) in [6.07, 6.45) is 2.17. The molecule has 0 aromatic rings. The summed E-state index contributed by atoms with van der Waals surface area (Å²) < 4.78 is 0. The highest BCUT2D eigenvalue weighted by Crippen LogP contribution is 2.38. The molecule has 20 heavy (non-hydrogen) atoms. The molecule has 0 heterocycles. The van der Waals surface area contributed by atoms with Crippen molar-refractivity contribution in [2.45, 2.75) is 53.4 Å². The predicted molar refractivity (Wildman–Crippen MR) is 78.8 cm³/mol. The highest BCUT2D eigenvalue weighted by Gasteiger charge is 2.50. The maximum absolute atomic E-state index is 11.5. The van der Waals surface area contributed by atoms with Gasteiger partial charge < -0.3 is 15.1 Å². The van der Waals surface area contributed by atoms with Crippen LogP contribution in [0.1, 0.15) is 53.4 Å². The SMILES string of the molecule is CCC(CCCN(CC)CC)C(CC)(C(=O)O)C(=O)O. The first-order valence-corrected chi connectivity index (χ1v) is 7.59. The van der Waals surface area contributed by atoms with Crippen molar-refractivity contribution in [3.05, 3.63) is 0 Å². The Balaban J connectivity index is 4.85. The van der Waals surface area contributed by atoms with E-state index >= 15 is 0 Å². The summed E-state index contributed by atoms with van der Waals surface area (Å²) >= 11 is 0. The van der Waals surface area contributed by atoms with Crippen molar-refractivity contribution in [2.24, 2.45) is 11.3 Å². The molecule has 1 atom stereocenters. The van der Waals surface area contributed by atoms with Crippen LogP contribution in [0.4, 0.5) is 0 Å². The van der Waals surface area contributed by atoms with Crippen molar-refractivity contribution < 1.29 is 19.8 Å². The lowest BCUT2D eigenvalue weighted by molar-refractivity contribution is -0.170. The molecule has 0 saturated heterocycles. The highest BCUT2D eigenvalue weighted by molar-refractivity contribution is 5.98. The van der Waals surface area contributed by atoms with Gasteiger partial charge >= 0.3 is 11.9 Å². The first-order chi connectivity index (χ1) is 9.40. The molecule has 1 unspecified atom stereocenters. The molecule has 5 heteroatoms. The normalized spacial score (nSPS) is 13.4. The average Bonchev–Trinajstić information content (AvgIpc) is 2.41. The molecule has 0 saturated carbocycles. The van der Waals surface area contributed by atoms with Crippen LogP contribution in [0.15, 0.2) is 0 Å². The number of rotatable bonds is 11. The lowest BCUT2D eigenvalue weighted by Gasteiger charge is -2.32. The predicted octanol–water partition coefficient (Wildman–Crippen LogP) is 2.70. The lowest BCUT2D eigenvalue weighted by Crippen LogP contribution is -2.45. The van der Waals surface area contributed by atoms with E-state index in [2.05, 4.69) is 18.7 Å². The van der Waals surface area contributed by atoms with E-state index in [0.29, 0.717) is 12.8 Å². The minimum atomic E-state index is -1.64. The van der Waals surface area contributed by atoms with Gasteiger partial charge in [0, 0.05) is 0 Å². The molecule has 0 fully saturated rings. The van der Waals surface area contributed by atoms with E-state index in [0.717, 1.165) is 26.1 Å². The van der Waals surface area contributed by atoms with Gasteiger partial charge in [-0.3, -0.25) is 9.59 Å². The second kappa shape index (κ2) is 8.95. The fourth-order valence-electron chi connectivity index (χ4n) is 2.93. The van der Waals surface area contributed by atoms with Crippen molar-refractivity contribution in [3.63, 3.8) is 0 Å². The van der Waals surface area contributed by atoms with Gasteiger partial charge in [-0.05, 0) is 44.8 Å². The Kier molecular flexibility index (Phi) is 8.46. The summed E-state index contributed by atoms with van der Waals surface area (Å²) in [5, 5.41) is 18.8. The number of carbonyl (C=O) groups is 2. The fourth-order valence-corrected chi connectivity index (χ4v) is 2.93. The van der Waals surface area contributed by atoms with Crippen molar-refractivity contribution in [1.82, 2.24) is 4.90 Å². The Hall–Kier alpha value is -1.10. The summed E-state index contributed by atoms with van der Waals surface area (Å²) in [6, 6.07) is 0. The van der Waals surface area contributed by atoms with Gasteiger partial charge in [0.15, 0.2) is 5.41 Å². The van der Waals surface area contributed by atoms with Gasteiger partial charge in [0.2, 0.25) is 0 Å². The molecule has 0 spiro atoms. The molecule has 0 radical (unpaired) electrons. The maximum atomic E-state index is 11.5. The van der Waals surface area contributed by atoms with E-state index in [1.807, 2.05) is 6.92 Å². The fraction of sp³-hybridized carbons (Fsp3) is 0.867. The number of carboxylic acid groups (broad SMARTS) is 2. The second-order valence-corrected chi connectivity index (χ2v) is 5.21. The minimum absolute atomic E-state index is 0.126. The van der Waals surface area contributed by atoms with Gasteiger partial charge in [-0.1, -0.05) is 34.1 Å². The standard InChI is InChI=1S/C15H29NO4/c1-5-12(10-9-11-16(7-3)8-4)15(6-2,13(17)18)14(19)20/h12H,5-11H2,1-4H3,(H,17,18)(H,19,20). The third kappa shape index (κ3) is 4.20. The highest BCUT2D eigenvalue weighted by atomic mass is 16.4. The Labute approximate surface area is 122 Å². The van der Waals surface area contributed by atoms with Crippen molar-refractivity contribution >= 4 is 11.9 Å². The molecular weight excluding hydrogens is 258 g/mol. The Morgan fingerprint density at radius 3 is 1.85 bits per heavy atom. The molecule has 0 bridgehead atoms. The van der Waals surface area contributed by atoms with Gasteiger partial charge in [-0.25, -0.2) is 0 Å². The molecule has 0 aromatic carbocycles. The summed E-state index contributed by atoms with van der Waals surface area (Å²) in [6.45, 7) is 10.5. The molecule has 0 aliphatic heterocycles. The van der Waals surface area contributed by atoms with E-state index < -0.39 is 17.4 Å². The largest absolute Gasteiger partial charge is 0.480 e. The zero-order valence-electron chi connectivity index (χ0n) is 13.2. The second-order valence-electron chi connectivity index (χ2n) is 5.21. The van der Waals surface area contributed by atoms with Crippen LogP contribution in [0, 0.1) is 11.3 Å². The lowest BCUT2D eigenvalue weighted by atomic mass is 9.70. The van der Waals surface area contributed by atoms with Crippen LogP contribution in [0.5, 0.6) is 0 Å². The zero-order chi connectivity index (χ0) is 15.8. The van der Waals surface area contributed by atoms with E-state index in [1.54, 1.807) is 6.92 Å². The van der Waals surface area contributed by atoms with E-state index in [1.165, 1.54) is 0 Å². The third-order valence-corrected chi connectivity index (χ3v) is 4.43. The van der Waals surface area contributed by atoms with E-state index in [9.17, 15) is 19.8 Å². The monoisotopic (exact) mass is 287 g/mol. The summed E-state index contributed by atoms with van der Waals surface area (Å²) in [4.78, 5) is 25.3. The molecule has 2 N–H and O–H groups in total. The molecule has 0 amide bonds. The number of aliphatic carboxylic acids is 2. The van der Waals surface area contributed by atoms with Crippen molar-refractivity contribution in [3.8, 4) is 0 Å². The van der Waals surface area contributed by atoms with Gasteiger partial charge in [0.05, 0.1) is 0 Å². The molecule has 0 aliphatic rings. The first-order valence-electron chi connectivity index (χ1n) is 7.59. The van der Waals surface area contributed by atoms with Crippen LogP contribution in [0.2, 0.25) is 0 Å². The van der Waals surface area contributed by atoms with Crippen LogP contribution in [0.3, 0.4) is 0 Å². The minimum Gasteiger partial charge on any atom is -0.480 e. The smallest absolute Gasteiger partial charge is 0.321 e. The number of carboxylic acids is 2. The molecule has 0 aliphatic carbocycles. The molecular formula is C15H29NO4. The number of nitrogens with zero attached hydrogens (tertiary/aromatic N) is 1. The zero-order valence-corrected chi connectivity index (χ0v) is 13.2. The molecule has 0 aromatic heterocycles. The first kappa shape index (κ1) is 18.9. The van der Waals surface area contributed by atoms with Crippen molar-refractivity contribution in [2.75, 3.05) is 19.6 Å². The van der Waals surface area contributed by atoms with Gasteiger partial charge in [0.1, 0.15) is 0 Å². The summed E-state index contributed by atoms with van der Waals surface area (Å²) in [7, 11) is 0. The average molecular weight is 287 g/mol. The van der Waals surface area contributed by atoms with Gasteiger partial charge in [-0.2, -0.15) is 0 Å².